The summed E-state index contributed by atoms with van der Waals surface area (Å²) in [5.41, 5.74) is 4.64. The Morgan fingerprint density at radius 2 is 1.86 bits per heavy atom. The Balaban J connectivity index is 0.000000294. The van der Waals surface area contributed by atoms with Gasteiger partial charge in [0, 0.05) is 19.4 Å². The number of allylic oxidation sites excluding steroid dienone is 4. The van der Waals surface area contributed by atoms with Crippen molar-refractivity contribution < 1.29 is 0 Å². The second kappa shape index (κ2) is 7.75. The van der Waals surface area contributed by atoms with E-state index in [1.165, 1.54) is 44.9 Å². The van der Waals surface area contributed by atoms with Gasteiger partial charge in [-0.2, -0.15) is 0 Å². The first-order valence-corrected chi connectivity index (χ1v) is 12.1. The fourth-order valence-electron chi connectivity index (χ4n) is 7.55. The van der Waals surface area contributed by atoms with Gasteiger partial charge in [-0.05, 0) is 97.9 Å². The van der Waals surface area contributed by atoms with Gasteiger partial charge in [-0.15, -0.1) is 0 Å². The third-order valence-corrected chi connectivity index (χ3v) is 9.72. The minimum Gasteiger partial charge on any atom is -0.341 e. The van der Waals surface area contributed by atoms with Crippen molar-refractivity contribution >= 4 is 0 Å². The van der Waals surface area contributed by atoms with E-state index in [9.17, 15) is 0 Å². The smallest absolute Gasteiger partial charge is 0.0943 e. The molecule has 160 valence electrons. The second-order valence-corrected chi connectivity index (χ2v) is 11.2. The van der Waals surface area contributed by atoms with Crippen LogP contribution in [0.3, 0.4) is 0 Å². The Kier molecular flexibility index (Phi) is 5.59. The van der Waals surface area contributed by atoms with Gasteiger partial charge >= 0.3 is 0 Å². The molecule has 3 fully saturated rings. The Bertz CT molecular complexity index is 772. The van der Waals surface area contributed by atoms with Crippen molar-refractivity contribution in [1.29, 1.82) is 0 Å². The highest BCUT2D eigenvalue weighted by atomic mass is 15.0. The zero-order valence-electron chi connectivity index (χ0n) is 19.6. The first kappa shape index (κ1) is 20.9. The minimum absolute atomic E-state index is 0.511. The molecule has 29 heavy (non-hydrogen) atoms. The maximum absolute atomic E-state index is 3.78. The van der Waals surface area contributed by atoms with Crippen LogP contribution < -0.4 is 0 Å². The third kappa shape index (κ3) is 3.45. The molecular formula is C27H42N2. The number of nitrogens with zero attached hydrogens (tertiary/aromatic N) is 2. The van der Waals surface area contributed by atoms with E-state index in [1.807, 2.05) is 17.8 Å². The summed E-state index contributed by atoms with van der Waals surface area (Å²) in [6, 6.07) is 0. The standard InChI is InChI=1S/C23H36.C4H6N2/c1-6-17-14-18-13-15(2)9-11-23(18,5)20-10-12-22(4)16(3)7-8-19(22)21(17)20;1-6-3-2-5-4-6/h6,14-16,19-21H,7-13H2,1-5H3;2-4H,1H3/b17-6-;. The normalized spacial score (nSPS) is 44.8. The summed E-state index contributed by atoms with van der Waals surface area (Å²) >= 11 is 0. The second-order valence-electron chi connectivity index (χ2n) is 11.2. The van der Waals surface area contributed by atoms with E-state index in [4.69, 9.17) is 0 Å². The van der Waals surface area contributed by atoms with Crippen molar-refractivity contribution in [1.82, 2.24) is 9.55 Å². The molecule has 0 aliphatic heterocycles. The summed E-state index contributed by atoms with van der Waals surface area (Å²) in [7, 11) is 1.94. The minimum atomic E-state index is 0.511. The molecule has 1 heterocycles. The van der Waals surface area contributed by atoms with Crippen LogP contribution in [0, 0.1) is 40.4 Å². The fourth-order valence-corrected chi connectivity index (χ4v) is 7.55. The molecule has 0 aromatic carbocycles. The molecule has 0 saturated heterocycles. The van der Waals surface area contributed by atoms with Crippen LogP contribution in [0.4, 0.5) is 0 Å². The van der Waals surface area contributed by atoms with E-state index >= 15 is 0 Å². The molecule has 1 aromatic heterocycles. The van der Waals surface area contributed by atoms with E-state index in [-0.39, 0.29) is 0 Å². The molecule has 0 bridgehead atoms. The van der Waals surface area contributed by atoms with Crippen LogP contribution in [-0.4, -0.2) is 9.55 Å². The van der Waals surface area contributed by atoms with E-state index in [2.05, 4.69) is 51.8 Å². The molecule has 4 aliphatic rings. The average molecular weight is 395 g/mol. The molecular weight excluding hydrogens is 352 g/mol. The maximum Gasteiger partial charge on any atom is 0.0943 e. The van der Waals surface area contributed by atoms with Gasteiger partial charge in [0.05, 0.1) is 6.33 Å². The van der Waals surface area contributed by atoms with Crippen molar-refractivity contribution in [3.63, 3.8) is 0 Å². The topological polar surface area (TPSA) is 17.8 Å². The Morgan fingerprint density at radius 3 is 2.48 bits per heavy atom. The molecule has 0 radical (unpaired) electrons. The predicted octanol–water partition coefficient (Wildman–Crippen LogP) is 7.20. The number of hydrogen-bond acceptors (Lipinski definition) is 1. The number of aryl methyl sites for hydroxylation is 1. The lowest BCUT2D eigenvalue weighted by Crippen LogP contribution is -2.50. The monoisotopic (exact) mass is 394 g/mol. The number of aromatic nitrogens is 2. The van der Waals surface area contributed by atoms with Gasteiger partial charge in [-0.25, -0.2) is 4.98 Å². The quantitative estimate of drug-likeness (QED) is 0.455. The number of imidazole rings is 1. The Hall–Kier alpha value is -1.31. The van der Waals surface area contributed by atoms with Crippen molar-refractivity contribution in [2.45, 2.75) is 79.6 Å². The van der Waals surface area contributed by atoms with Gasteiger partial charge < -0.3 is 4.57 Å². The molecule has 0 N–H and O–H groups in total. The fraction of sp³-hybridized carbons (Fsp3) is 0.741. The molecule has 5 rings (SSSR count). The maximum atomic E-state index is 3.78. The lowest BCUT2D eigenvalue weighted by Gasteiger charge is -2.58. The average Bonchev–Trinajstić information content (AvgIpc) is 3.29. The largest absolute Gasteiger partial charge is 0.341 e. The zero-order chi connectivity index (χ0) is 20.8. The molecule has 2 nitrogen and oxygen atoms in total. The first-order chi connectivity index (χ1) is 13.8. The highest BCUT2D eigenvalue weighted by Gasteiger charge is 2.58. The Labute approximate surface area is 178 Å². The summed E-state index contributed by atoms with van der Waals surface area (Å²) < 4.78 is 1.89. The predicted molar refractivity (Wildman–Crippen MR) is 122 cm³/mol. The van der Waals surface area contributed by atoms with E-state index in [0.29, 0.717) is 10.8 Å². The lowest BCUT2D eigenvalue weighted by molar-refractivity contribution is -0.0231. The van der Waals surface area contributed by atoms with Crippen LogP contribution in [0.2, 0.25) is 0 Å². The summed E-state index contributed by atoms with van der Waals surface area (Å²) in [6.07, 6.45) is 20.7. The van der Waals surface area contributed by atoms with Crippen LogP contribution in [-0.2, 0) is 7.05 Å². The van der Waals surface area contributed by atoms with Crippen molar-refractivity contribution in [2.75, 3.05) is 0 Å². The molecule has 0 amide bonds. The van der Waals surface area contributed by atoms with Gasteiger partial charge in [-0.1, -0.05) is 45.4 Å². The van der Waals surface area contributed by atoms with Gasteiger partial charge in [0.15, 0.2) is 0 Å². The third-order valence-electron chi connectivity index (χ3n) is 9.72. The van der Waals surface area contributed by atoms with Crippen molar-refractivity contribution in [2.24, 2.45) is 47.5 Å². The summed E-state index contributed by atoms with van der Waals surface area (Å²) in [4.78, 5) is 3.78. The summed E-state index contributed by atoms with van der Waals surface area (Å²) in [5, 5.41) is 0. The van der Waals surface area contributed by atoms with E-state index in [1.54, 1.807) is 23.7 Å². The molecule has 3 saturated carbocycles. The molecule has 2 heteroatoms. The van der Waals surface area contributed by atoms with Crippen molar-refractivity contribution in [3.05, 3.63) is 42.0 Å². The van der Waals surface area contributed by atoms with Crippen LogP contribution >= 0.6 is 0 Å². The van der Waals surface area contributed by atoms with Crippen LogP contribution in [0.25, 0.3) is 0 Å². The van der Waals surface area contributed by atoms with Gasteiger partial charge in [0.25, 0.3) is 0 Å². The molecule has 1 aromatic rings. The van der Waals surface area contributed by atoms with E-state index in [0.717, 1.165) is 29.6 Å². The van der Waals surface area contributed by atoms with E-state index < -0.39 is 0 Å². The number of rotatable bonds is 0. The highest BCUT2D eigenvalue weighted by Crippen LogP contribution is 2.67. The van der Waals surface area contributed by atoms with Crippen LogP contribution in [0.5, 0.6) is 0 Å². The van der Waals surface area contributed by atoms with Crippen LogP contribution in [0.15, 0.2) is 42.0 Å². The van der Waals surface area contributed by atoms with Gasteiger partial charge in [-0.3, -0.25) is 0 Å². The molecule has 7 atom stereocenters. The Morgan fingerprint density at radius 1 is 1.07 bits per heavy atom. The highest BCUT2D eigenvalue weighted by molar-refractivity contribution is 5.38. The molecule has 0 spiro atoms. The SMILES string of the molecule is C/C=C1/C=C2CC(C)CCC2(C)C2CCC3(C)C(C)CCC3C12.Cn1ccnc1. The number of fused-ring (bicyclic) bond motifs is 5. The first-order valence-electron chi connectivity index (χ1n) is 12.1. The zero-order valence-corrected chi connectivity index (χ0v) is 19.6. The van der Waals surface area contributed by atoms with Crippen molar-refractivity contribution in [3.8, 4) is 0 Å². The number of hydrogen-bond donors (Lipinski definition) is 0. The lowest BCUT2D eigenvalue weighted by atomic mass is 9.46. The van der Waals surface area contributed by atoms with Gasteiger partial charge in [0.1, 0.15) is 0 Å². The molecule has 7 unspecified atom stereocenters. The summed E-state index contributed by atoms with van der Waals surface area (Å²) in [5.74, 6) is 4.53. The summed E-state index contributed by atoms with van der Waals surface area (Å²) in [6.45, 7) is 12.5. The van der Waals surface area contributed by atoms with Crippen LogP contribution in [0.1, 0.15) is 79.6 Å². The molecule has 4 aliphatic carbocycles. The van der Waals surface area contributed by atoms with Gasteiger partial charge in [0.2, 0.25) is 0 Å².